The Labute approximate surface area is 209 Å². The molecule has 0 fully saturated rings. The summed E-state index contributed by atoms with van der Waals surface area (Å²) >= 11 is 18.7. The number of nitrogens with one attached hydrogen (secondary N) is 1. The smallest absolute Gasteiger partial charge is 0.258 e. The van der Waals surface area contributed by atoms with Crippen molar-refractivity contribution in [1.82, 2.24) is 4.98 Å². The molecular weight excluding hydrogens is 503 g/mol. The SMILES string of the molecule is CCCC/C(=C\C=C(/C)Cl)S(=O)(=O)Nc1cc(Cl)c(Oc2cnc3ccccc3c2)c(Cl)c1. The number of para-hydroxylation sites is 1. The molecule has 0 unspecified atom stereocenters. The van der Waals surface area contributed by atoms with Gasteiger partial charge in [-0.1, -0.05) is 66.3 Å². The second-order valence-corrected chi connectivity index (χ2v) is 10.5. The number of benzene rings is 2. The third-order valence-corrected chi connectivity index (χ3v) is 6.88. The highest BCUT2D eigenvalue weighted by Crippen LogP contribution is 2.39. The van der Waals surface area contributed by atoms with E-state index in [1.807, 2.05) is 37.3 Å². The molecule has 9 heteroatoms. The Balaban J connectivity index is 1.86. The standard InChI is InChI=1S/C24H23Cl3N2O3S/c1-3-4-8-20(11-10-16(2)25)33(30,31)29-18-13-21(26)24(22(27)14-18)32-19-12-17-7-5-6-9-23(17)28-15-19/h5-7,9-15,29H,3-4,8H2,1-2H3/b16-10+,20-11+. The van der Waals surface area contributed by atoms with Crippen LogP contribution >= 0.6 is 34.8 Å². The molecule has 5 nitrogen and oxygen atoms in total. The van der Waals surface area contributed by atoms with Gasteiger partial charge in [-0.15, -0.1) is 0 Å². The van der Waals surface area contributed by atoms with Crippen LogP contribution in [0.1, 0.15) is 33.1 Å². The van der Waals surface area contributed by atoms with Gasteiger partial charge in [0.15, 0.2) is 5.75 Å². The van der Waals surface area contributed by atoms with Gasteiger partial charge in [0.25, 0.3) is 10.0 Å². The Morgan fingerprint density at radius 1 is 1.12 bits per heavy atom. The number of rotatable bonds is 9. The average molecular weight is 526 g/mol. The van der Waals surface area contributed by atoms with Crippen LogP contribution in [0.25, 0.3) is 10.9 Å². The fourth-order valence-electron chi connectivity index (χ4n) is 3.03. The second kappa shape index (κ2) is 11.3. The topological polar surface area (TPSA) is 68.3 Å². The quantitative estimate of drug-likeness (QED) is 0.285. The van der Waals surface area contributed by atoms with Crippen molar-refractivity contribution < 1.29 is 13.2 Å². The molecule has 0 spiro atoms. The van der Waals surface area contributed by atoms with E-state index >= 15 is 0 Å². The molecule has 0 aliphatic carbocycles. The minimum atomic E-state index is -3.83. The summed E-state index contributed by atoms with van der Waals surface area (Å²) in [7, 11) is -3.83. The van der Waals surface area contributed by atoms with Crippen LogP contribution < -0.4 is 9.46 Å². The van der Waals surface area contributed by atoms with Crippen LogP contribution in [-0.2, 0) is 10.0 Å². The molecule has 0 bridgehead atoms. The van der Waals surface area contributed by atoms with E-state index in [-0.39, 0.29) is 26.4 Å². The number of allylic oxidation sites excluding steroid dienone is 4. The molecule has 3 aromatic rings. The maximum absolute atomic E-state index is 13.0. The normalized spacial score (nSPS) is 12.8. The Morgan fingerprint density at radius 3 is 2.48 bits per heavy atom. The van der Waals surface area contributed by atoms with Gasteiger partial charge in [-0.2, -0.15) is 0 Å². The Kier molecular flexibility index (Phi) is 8.65. The summed E-state index contributed by atoms with van der Waals surface area (Å²) < 4.78 is 34.3. The molecule has 1 aromatic heterocycles. The van der Waals surface area contributed by atoms with Gasteiger partial charge in [0.05, 0.1) is 32.4 Å². The molecule has 33 heavy (non-hydrogen) atoms. The van der Waals surface area contributed by atoms with Crippen LogP contribution in [-0.4, -0.2) is 13.4 Å². The fraction of sp³-hybridized carbons (Fsp3) is 0.208. The third-order valence-electron chi connectivity index (χ3n) is 4.66. The first-order chi connectivity index (χ1) is 15.7. The number of pyridine rings is 1. The number of hydrogen-bond donors (Lipinski definition) is 1. The zero-order valence-electron chi connectivity index (χ0n) is 18.1. The highest BCUT2D eigenvalue weighted by Gasteiger charge is 2.19. The van der Waals surface area contributed by atoms with Crippen LogP contribution in [0.3, 0.4) is 0 Å². The molecule has 3 rings (SSSR count). The number of fused-ring (bicyclic) bond motifs is 1. The summed E-state index contributed by atoms with van der Waals surface area (Å²) in [4.78, 5) is 4.57. The predicted molar refractivity (Wildman–Crippen MR) is 138 cm³/mol. The van der Waals surface area contributed by atoms with Crippen LogP contribution in [0.15, 0.2) is 70.8 Å². The lowest BCUT2D eigenvalue weighted by Gasteiger charge is -2.14. The minimum absolute atomic E-state index is 0.156. The molecule has 0 radical (unpaired) electrons. The highest BCUT2D eigenvalue weighted by atomic mass is 35.5. The maximum Gasteiger partial charge on any atom is 0.258 e. The summed E-state index contributed by atoms with van der Waals surface area (Å²) in [6.45, 7) is 3.67. The van der Waals surface area contributed by atoms with Crippen molar-refractivity contribution in [2.24, 2.45) is 0 Å². The van der Waals surface area contributed by atoms with Crippen LogP contribution in [0.5, 0.6) is 11.5 Å². The lowest BCUT2D eigenvalue weighted by atomic mass is 10.2. The van der Waals surface area contributed by atoms with Gasteiger partial charge in [0.2, 0.25) is 0 Å². The number of unbranched alkanes of at least 4 members (excludes halogenated alkanes) is 1. The molecule has 0 aliphatic heterocycles. The summed E-state index contributed by atoms with van der Waals surface area (Å²) in [5.74, 6) is 0.666. The number of hydrogen-bond acceptors (Lipinski definition) is 4. The number of halogens is 3. The predicted octanol–water partition coefficient (Wildman–Crippen LogP) is 8.29. The first-order valence-corrected chi connectivity index (χ1v) is 12.9. The molecule has 0 aliphatic rings. The van der Waals surface area contributed by atoms with Crippen LogP contribution in [0.2, 0.25) is 10.0 Å². The number of sulfonamides is 1. The van der Waals surface area contributed by atoms with E-state index < -0.39 is 10.0 Å². The molecule has 0 saturated heterocycles. The van der Waals surface area contributed by atoms with Gasteiger partial charge in [-0.25, -0.2) is 8.42 Å². The summed E-state index contributed by atoms with van der Waals surface area (Å²) in [5, 5.41) is 1.70. The lowest BCUT2D eigenvalue weighted by Crippen LogP contribution is -2.15. The van der Waals surface area contributed by atoms with Gasteiger partial charge in [-0.3, -0.25) is 9.71 Å². The molecule has 0 saturated carbocycles. The minimum Gasteiger partial charge on any atom is -0.453 e. The molecule has 0 atom stereocenters. The van der Waals surface area contributed by atoms with Gasteiger partial charge >= 0.3 is 0 Å². The molecule has 2 aromatic carbocycles. The van der Waals surface area contributed by atoms with Gasteiger partial charge < -0.3 is 4.74 Å². The molecule has 1 N–H and O–H groups in total. The Bertz CT molecular complexity index is 1290. The van der Waals surface area contributed by atoms with E-state index in [1.165, 1.54) is 18.2 Å². The van der Waals surface area contributed by atoms with E-state index in [0.29, 0.717) is 17.2 Å². The van der Waals surface area contributed by atoms with Crippen molar-refractivity contribution in [3.63, 3.8) is 0 Å². The van der Waals surface area contributed by atoms with E-state index in [9.17, 15) is 8.42 Å². The summed E-state index contributed by atoms with van der Waals surface area (Å²) in [6, 6.07) is 12.3. The summed E-state index contributed by atoms with van der Waals surface area (Å²) in [6.07, 6.45) is 6.58. The number of ether oxygens (including phenoxy) is 1. The van der Waals surface area contributed by atoms with Crippen molar-refractivity contribution in [2.45, 2.75) is 33.1 Å². The molecular formula is C24H23Cl3N2O3S. The number of nitrogens with zero attached hydrogens (tertiary/aromatic N) is 1. The second-order valence-electron chi connectivity index (χ2n) is 7.33. The van der Waals surface area contributed by atoms with Crippen LogP contribution in [0.4, 0.5) is 5.69 Å². The van der Waals surface area contributed by atoms with Crippen molar-refractivity contribution in [3.05, 3.63) is 80.8 Å². The van der Waals surface area contributed by atoms with Gasteiger partial charge in [-0.05, 0) is 56.2 Å². The Hall–Kier alpha value is -2.25. The van der Waals surface area contributed by atoms with Crippen molar-refractivity contribution in [1.29, 1.82) is 0 Å². The van der Waals surface area contributed by atoms with Crippen molar-refractivity contribution in [3.8, 4) is 11.5 Å². The average Bonchev–Trinajstić information content (AvgIpc) is 2.75. The largest absolute Gasteiger partial charge is 0.453 e. The van der Waals surface area contributed by atoms with E-state index in [4.69, 9.17) is 39.5 Å². The van der Waals surface area contributed by atoms with Gasteiger partial charge in [0, 0.05) is 10.4 Å². The first kappa shape index (κ1) is 25.4. The molecule has 174 valence electrons. The van der Waals surface area contributed by atoms with Crippen LogP contribution in [0, 0.1) is 0 Å². The number of anilines is 1. The fourth-order valence-corrected chi connectivity index (χ4v) is 4.87. The van der Waals surface area contributed by atoms with E-state index in [0.717, 1.165) is 23.7 Å². The zero-order valence-corrected chi connectivity index (χ0v) is 21.2. The maximum atomic E-state index is 13.0. The first-order valence-electron chi connectivity index (χ1n) is 10.3. The third kappa shape index (κ3) is 6.87. The van der Waals surface area contributed by atoms with Crippen molar-refractivity contribution >= 4 is 61.4 Å². The summed E-state index contributed by atoms with van der Waals surface area (Å²) in [5.41, 5.74) is 1.06. The van der Waals surface area contributed by atoms with Crippen molar-refractivity contribution in [2.75, 3.05) is 4.72 Å². The molecule has 0 amide bonds. The highest BCUT2D eigenvalue weighted by molar-refractivity contribution is 7.96. The molecule has 1 heterocycles. The monoisotopic (exact) mass is 524 g/mol. The van der Waals surface area contributed by atoms with E-state index in [1.54, 1.807) is 19.2 Å². The number of aromatic nitrogens is 1. The van der Waals surface area contributed by atoms with Gasteiger partial charge in [0.1, 0.15) is 5.75 Å². The lowest BCUT2D eigenvalue weighted by molar-refractivity contribution is 0.482. The van der Waals surface area contributed by atoms with E-state index in [2.05, 4.69) is 9.71 Å². The Morgan fingerprint density at radius 2 is 1.82 bits per heavy atom. The zero-order chi connectivity index (χ0) is 24.0.